The Morgan fingerprint density at radius 3 is 2.49 bits per heavy atom. The van der Waals surface area contributed by atoms with Gasteiger partial charge in [-0.05, 0) is 37.1 Å². The van der Waals surface area contributed by atoms with Gasteiger partial charge in [0, 0.05) is 37.6 Å². The minimum atomic E-state index is -4.39. The molecule has 0 aliphatic carbocycles. The standard InChI is InChI=1S/C15H14F3N3O.C8H6ClF2NO/c1-9-5-11(15(16,17)18)6-13(20-9)21-4-3-10-8-19-14(22-2)7-12(10)21;1-12(4-13)8-2-5(9)6(10)3-7(8)11/h5-8H,3-4H2,1-2H3;2-4H,1H3. The van der Waals surface area contributed by atoms with Crippen LogP contribution in [0.25, 0.3) is 0 Å². The van der Waals surface area contributed by atoms with E-state index in [4.69, 9.17) is 16.3 Å². The number of benzene rings is 1. The molecule has 0 unspecified atom stereocenters. The minimum absolute atomic E-state index is 0.0543. The van der Waals surface area contributed by atoms with Gasteiger partial charge < -0.3 is 14.5 Å². The number of aryl methyl sites for hydroxylation is 1. The summed E-state index contributed by atoms with van der Waals surface area (Å²) < 4.78 is 69.6. The fourth-order valence-electron chi connectivity index (χ4n) is 3.39. The van der Waals surface area contributed by atoms with Gasteiger partial charge in [0.15, 0.2) is 0 Å². The zero-order valence-electron chi connectivity index (χ0n) is 18.8. The number of pyridine rings is 2. The van der Waals surface area contributed by atoms with E-state index in [1.54, 1.807) is 24.1 Å². The van der Waals surface area contributed by atoms with Gasteiger partial charge in [-0.25, -0.2) is 18.7 Å². The maximum atomic E-state index is 13.0. The number of halogens is 6. The predicted molar refractivity (Wildman–Crippen MR) is 121 cm³/mol. The Morgan fingerprint density at radius 1 is 1.14 bits per heavy atom. The van der Waals surface area contributed by atoms with Crippen molar-refractivity contribution in [1.29, 1.82) is 0 Å². The molecule has 0 atom stereocenters. The van der Waals surface area contributed by atoms with E-state index in [1.165, 1.54) is 14.2 Å². The fourth-order valence-corrected chi connectivity index (χ4v) is 3.55. The summed E-state index contributed by atoms with van der Waals surface area (Å²) in [5, 5.41) is -0.217. The highest BCUT2D eigenvalue weighted by Gasteiger charge is 2.33. The number of anilines is 3. The van der Waals surface area contributed by atoms with E-state index < -0.39 is 23.4 Å². The highest BCUT2D eigenvalue weighted by molar-refractivity contribution is 6.31. The van der Waals surface area contributed by atoms with Gasteiger partial charge in [-0.3, -0.25) is 4.79 Å². The molecule has 1 aromatic carbocycles. The van der Waals surface area contributed by atoms with E-state index in [1.807, 2.05) is 0 Å². The van der Waals surface area contributed by atoms with Crippen LogP contribution in [0.1, 0.15) is 16.8 Å². The summed E-state index contributed by atoms with van der Waals surface area (Å²) in [5.41, 5.74) is 1.35. The molecule has 0 N–H and O–H groups in total. The molecular weight excluding hydrogens is 495 g/mol. The molecule has 0 radical (unpaired) electrons. The lowest BCUT2D eigenvalue weighted by Crippen LogP contribution is -2.17. The summed E-state index contributed by atoms with van der Waals surface area (Å²) >= 11 is 5.40. The van der Waals surface area contributed by atoms with Crippen molar-refractivity contribution in [3.63, 3.8) is 0 Å². The molecule has 4 rings (SSSR count). The summed E-state index contributed by atoms with van der Waals surface area (Å²) in [6, 6.07) is 5.54. The first-order valence-corrected chi connectivity index (χ1v) is 10.5. The number of nitrogens with zero attached hydrogens (tertiary/aromatic N) is 4. The van der Waals surface area contributed by atoms with Crippen LogP contribution in [0.3, 0.4) is 0 Å². The normalized spacial score (nSPS) is 12.5. The van der Waals surface area contributed by atoms with E-state index in [-0.39, 0.29) is 10.7 Å². The number of amides is 1. The van der Waals surface area contributed by atoms with Crippen LogP contribution in [-0.2, 0) is 17.4 Å². The molecule has 1 aliphatic rings. The molecule has 1 aliphatic heterocycles. The molecule has 3 heterocycles. The second kappa shape index (κ2) is 10.4. The summed E-state index contributed by atoms with van der Waals surface area (Å²) in [7, 11) is 2.85. The Labute approximate surface area is 202 Å². The van der Waals surface area contributed by atoms with Gasteiger partial charge in [-0.1, -0.05) is 11.6 Å². The first kappa shape index (κ1) is 26.1. The number of aromatic nitrogens is 2. The Balaban J connectivity index is 0.000000225. The second-order valence-corrected chi connectivity index (χ2v) is 7.95. The molecule has 186 valence electrons. The first-order chi connectivity index (χ1) is 16.4. The number of methoxy groups -OCH3 is 1. The SMILES string of the molecule is CN(C=O)c1cc(Cl)c(F)cc1F.COc1cc2c(cn1)CCN2c1cc(C(F)(F)F)cc(C)n1. The smallest absolute Gasteiger partial charge is 0.416 e. The van der Waals surface area contributed by atoms with Crippen LogP contribution >= 0.6 is 11.6 Å². The van der Waals surface area contributed by atoms with E-state index in [0.717, 1.165) is 34.3 Å². The van der Waals surface area contributed by atoms with Gasteiger partial charge in [0.25, 0.3) is 0 Å². The Hall–Kier alpha value is -3.47. The van der Waals surface area contributed by atoms with E-state index in [2.05, 4.69) is 9.97 Å². The lowest BCUT2D eigenvalue weighted by atomic mass is 10.2. The van der Waals surface area contributed by atoms with Crippen molar-refractivity contribution >= 4 is 35.2 Å². The maximum absolute atomic E-state index is 13.0. The molecule has 0 saturated heterocycles. The van der Waals surface area contributed by atoms with Crippen LogP contribution in [0.5, 0.6) is 5.88 Å². The Kier molecular flexibility index (Phi) is 7.79. The fraction of sp³-hybridized carbons (Fsp3) is 0.261. The number of carbonyl (C=O) groups is 1. The number of hydrogen-bond donors (Lipinski definition) is 0. The third kappa shape index (κ3) is 5.97. The lowest BCUT2D eigenvalue weighted by Gasteiger charge is -2.20. The summed E-state index contributed by atoms with van der Waals surface area (Å²) in [6.07, 6.45) is -1.58. The molecule has 1 amide bonds. The molecule has 0 fully saturated rings. The molecule has 12 heteroatoms. The summed E-state index contributed by atoms with van der Waals surface area (Å²) in [4.78, 5) is 21.4. The number of alkyl halides is 3. The Bertz CT molecular complexity index is 1240. The molecule has 0 bridgehead atoms. The molecule has 6 nitrogen and oxygen atoms in total. The highest BCUT2D eigenvalue weighted by Crippen LogP contribution is 2.38. The van der Waals surface area contributed by atoms with Crippen molar-refractivity contribution in [2.45, 2.75) is 19.5 Å². The highest BCUT2D eigenvalue weighted by atomic mass is 35.5. The molecule has 0 spiro atoms. The average Bonchev–Trinajstić information content (AvgIpc) is 3.23. The largest absolute Gasteiger partial charge is 0.481 e. The van der Waals surface area contributed by atoms with Gasteiger partial charge in [0.05, 0.1) is 29.1 Å². The van der Waals surface area contributed by atoms with Gasteiger partial charge in [-0.15, -0.1) is 0 Å². The zero-order valence-corrected chi connectivity index (χ0v) is 19.6. The average molecular weight is 515 g/mol. The predicted octanol–water partition coefficient (Wildman–Crippen LogP) is 5.72. The van der Waals surface area contributed by atoms with Gasteiger partial charge in [0.2, 0.25) is 12.3 Å². The molecule has 0 saturated carbocycles. The zero-order chi connectivity index (χ0) is 25.9. The lowest BCUT2D eigenvalue weighted by molar-refractivity contribution is -0.137. The van der Waals surface area contributed by atoms with Gasteiger partial charge in [-0.2, -0.15) is 13.2 Å². The van der Waals surface area contributed by atoms with Crippen LogP contribution in [0.4, 0.5) is 39.1 Å². The first-order valence-electron chi connectivity index (χ1n) is 10.1. The second-order valence-electron chi connectivity index (χ2n) is 7.54. The summed E-state index contributed by atoms with van der Waals surface area (Å²) in [6.45, 7) is 2.13. The maximum Gasteiger partial charge on any atom is 0.416 e. The van der Waals surface area contributed by atoms with Crippen LogP contribution in [-0.4, -0.2) is 37.1 Å². The number of carbonyl (C=O) groups excluding carboxylic acids is 1. The number of ether oxygens (including phenoxy) is 1. The van der Waals surface area contributed by atoms with Crippen LogP contribution in [0.15, 0.2) is 36.5 Å². The third-order valence-electron chi connectivity index (χ3n) is 5.11. The van der Waals surface area contributed by atoms with Crippen LogP contribution in [0, 0.1) is 18.6 Å². The molecule has 3 aromatic rings. The van der Waals surface area contributed by atoms with E-state index >= 15 is 0 Å². The monoisotopic (exact) mass is 514 g/mol. The van der Waals surface area contributed by atoms with Crippen molar-refractivity contribution in [3.05, 3.63) is 70.0 Å². The van der Waals surface area contributed by atoms with Crippen LogP contribution < -0.4 is 14.5 Å². The Morgan fingerprint density at radius 2 is 1.86 bits per heavy atom. The van der Waals surface area contributed by atoms with Crippen molar-refractivity contribution in [2.75, 3.05) is 30.5 Å². The van der Waals surface area contributed by atoms with E-state index in [0.29, 0.717) is 42.8 Å². The topological polar surface area (TPSA) is 58.6 Å². The molecule has 35 heavy (non-hydrogen) atoms. The number of hydrogen-bond acceptors (Lipinski definition) is 5. The van der Waals surface area contributed by atoms with Gasteiger partial charge >= 0.3 is 6.18 Å². The minimum Gasteiger partial charge on any atom is -0.481 e. The third-order valence-corrected chi connectivity index (χ3v) is 5.40. The van der Waals surface area contributed by atoms with Crippen molar-refractivity contribution in [3.8, 4) is 5.88 Å². The molecule has 2 aromatic heterocycles. The van der Waals surface area contributed by atoms with Crippen molar-refractivity contribution < 1.29 is 31.5 Å². The number of fused-ring (bicyclic) bond motifs is 1. The van der Waals surface area contributed by atoms with E-state index in [9.17, 15) is 26.7 Å². The molecular formula is C23H20ClF5N4O2. The summed E-state index contributed by atoms with van der Waals surface area (Å²) in [5.74, 6) is -0.951. The van der Waals surface area contributed by atoms with Gasteiger partial charge in [0.1, 0.15) is 17.5 Å². The quantitative estimate of drug-likeness (QED) is 0.253. The van der Waals surface area contributed by atoms with Crippen molar-refractivity contribution in [2.24, 2.45) is 0 Å². The number of rotatable bonds is 4. The van der Waals surface area contributed by atoms with Crippen LogP contribution in [0.2, 0.25) is 5.02 Å². The van der Waals surface area contributed by atoms with Crippen molar-refractivity contribution in [1.82, 2.24) is 9.97 Å².